The van der Waals surface area contributed by atoms with Gasteiger partial charge in [0.05, 0.1) is 6.61 Å². The number of ether oxygens (including phenoxy) is 5. The number of esters is 3. The number of hydrogen-bond donors (Lipinski definition) is 3. The molecule has 0 bridgehead atoms. The Kier molecular flexibility index (Phi) is 45.9. The molecule has 6 atom stereocenters. The van der Waals surface area contributed by atoms with Crippen molar-refractivity contribution in [1.82, 2.24) is 0 Å². The summed E-state index contributed by atoms with van der Waals surface area (Å²) in [6, 6.07) is 0. The van der Waals surface area contributed by atoms with Gasteiger partial charge < -0.3 is 39.0 Å². The van der Waals surface area contributed by atoms with Crippen LogP contribution in [0.2, 0.25) is 0 Å². The van der Waals surface area contributed by atoms with E-state index in [2.05, 4.69) is 69.4 Å². The lowest BCUT2D eigenvalue weighted by Crippen LogP contribution is -2.61. The number of carbonyl (C=O) groups excluding carboxylic acids is 3. The van der Waals surface area contributed by atoms with Gasteiger partial charge in [-0.3, -0.25) is 14.4 Å². The predicted octanol–water partition coefficient (Wildman–Crippen LogP) is 15.0. The minimum Gasteiger partial charge on any atom is -0.479 e. The average Bonchev–Trinajstić information content (AvgIpc) is 3.37. The molecule has 422 valence electrons. The number of aliphatic hydroxyl groups excluding tert-OH is 2. The van der Waals surface area contributed by atoms with Crippen molar-refractivity contribution in [3.8, 4) is 0 Å². The van der Waals surface area contributed by atoms with Crippen LogP contribution in [0.5, 0.6) is 0 Å². The lowest BCUT2D eigenvalue weighted by molar-refractivity contribution is -0.301. The number of aliphatic carboxylic acids is 1. The molecule has 12 heteroatoms. The van der Waals surface area contributed by atoms with Crippen molar-refractivity contribution in [3.63, 3.8) is 0 Å². The molecule has 6 unspecified atom stereocenters. The fourth-order valence-electron chi connectivity index (χ4n) is 8.77. The average molecular weight is 1030 g/mol. The molecule has 0 aromatic heterocycles. The largest absolute Gasteiger partial charge is 0.479 e. The van der Waals surface area contributed by atoms with Gasteiger partial charge in [0.25, 0.3) is 0 Å². The highest BCUT2D eigenvalue weighted by molar-refractivity contribution is 5.74. The summed E-state index contributed by atoms with van der Waals surface area (Å²) in [6.07, 6.45) is 46.6. The van der Waals surface area contributed by atoms with Crippen molar-refractivity contribution in [3.05, 3.63) is 48.6 Å². The van der Waals surface area contributed by atoms with E-state index >= 15 is 0 Å². The molecule has 0 spiro atoms. The minimum absolute atomic E-state index is 0.0618. The Labute approximate surface area is 443 Å². The van der Waals surface area contributed by atoms with E-state index in [0.717, 1.165) is 116 Å². The summed E-state index contributed by atoms with van der Waals surface area (Å²) in [6.45, 7) is 5.91. The lowest BCUT2D eigenvalue weighted by Gasteiger charge is -2.40. The third kappa shape index (κ3) is 39.7. The van der Waals surface area contributed by atoms with Gasteiger partial charge in [-0.1, -0.05) is 217 Å². The summed E-state index contributed by atoms with van der Waals surface area (Å²) < 4.78 is 28.4. The molecule has 73 heavy (non-hydrogen) atoms. The zero-order valence-corrected chi connectivity index (χ0v) is 46.4. The first-order chi connectivity index (χ1) is 35.6. The van der Waals surface area contributed by atoms with Gasteiger partial charge in [-0.2, -0.15) is 0 Å². The molecule has 0 aromatic carbocycles. The van der Waals surface area contributed by atoms with Gasteiger partial charge in [0.15, 0.2) is 24.6 Å². The van der Waals surface area contributed by atoms with Gasteiger partial charge in [-0.05, 0) is 77.0 Å². The van der Waals surface area contributed by atoms with Crippen molar-refractivity contribution in [2.24, 2.45) is 0 Å². The number of carboxylic acids is 1. The Balaban J connectivity index is 2.67. The predicted molar refractivity (Wildman–Crippen MR) is 294 cm³/mol. The van der Waals surface area contributed by atoms with Crippen LogP contribution in [0.15, 0.2) is 48.6 Å². The first-order valence-electron chi connectivity index (χ1n) is 29.6. The van der Waals surface area contributed by atoms with Crippen LogP contribution in [0.1, 0.15) is 265 Å². The summed E-state index contributed by atoms with van der Waals surface area (Å²) in [5, 5.41) is 31.4. The SMILES string of the molecule is CCCC/C=C\CCCCCCCC(=O)OC(COC(=O)CCCCCCCC/C=C\C/C=C\C/C=C\CCCCC)COC1OC(C(=O)O)C(O)C(O)C1OC(=O)CCCCCCCCCCCCCCC. The molecule has 1 fully saturated rings. The molecule has 12 nitrogen and oxygen atoms in total. The summed E-state index contributed by atoms with van der Waals surface area (Å²) in [7, 11) is 0. The molecule has 1 heterocycles. The van der Waals surface area contributed by atoms with Gasteiger partial charge in [0, 0.05) is 19.3 Å². The van der Waals surface area contributed by atoms with E-state index in [1.807, 2.05) is 0 Å². The second-order valence-electron chi connectivity index (χ2n) is 20.3. The molecule has 1 aliphatic heterocycles. The van der Waals surface area contributed by atoms with E-state index < -0.39 is 67.3 Å². The van der Waals surface area contributed by atoms with Crippen molar-refractivity contribution in [2.45, 2.75) is 302 Å². The first-order valence-corrected chi connectivity index (χ1v) is 29.6. The van der Waals surface area contributed by atoms with Crippen LogP contribution in [-0.4, -0.2) is 89.2 Å². The number of unbranched alkanes of at least 4 members (excludes halogenated alkanes) is 28. The summed E-state index contributed by atoms with van der Waals surface area (Å²) in [5.41, 5.74) is 0. The summed E-state index contributed by atoms with van der Waals surface area (Å²) in [4.78, 5) is 51.0. The maximum atomic E-state index is 13.1. The van der Waals surface area contributed by atoms with Crippen LogP contribution >= 0.6 is 0 Å². The maximum absolute atomic E-state index is 13.1. The highest BCUT2D eigenvalue weighted by Crippen LogP contribution is 2.26. The van der Waals surface area contributed by atoms with Crippen molar-refractivity contribution in [1.29, 1.82) is 0 Å². The highest BCUT2D eigenvalue weighted by Gasteiger charge is 2.50. The Morgan fingerprint density at radius 2 is 0.836 bits per heavy atom. The molecule has 0 radical (unpaired) electrons. The first kappa shape index (κ1) is 67.7. The topological polar surface area (TPSA) is 175 Å². The lowest BCUT2D eigenvalue weighted by atomic mass is 9.98. The molecule has 0 aliphatic carbocycles. The van der Waals surface area contributed by atoms with Crippen molar-refractivity contribution >= 4 is 23.9 Å². The van der Waals surface area contributed by atoms with Crippen LogP contribution in [0.4, 0.5) is 0 Å². The van der Waals surface area contributed by atoms with E-state index in [0.29, 0.717) is 19.3 Å². The van der Waals surface area contributed by atoms with Crippen LogP contribution in [0.3, 0.4) is 0 Å². The monoisotopic (exact) mass is 1030 g/mol. The molecule has 3 N–H and O–H groups in total. The fourth-order valence-corrected chi connectivity index (χ4v) is 8.77. The Morgan fingerprint density at radius 3 is 1.33 bits per heavy atom. The van der Waals surface area contributed by atoms with Crippen molar-refractivity contribution in [2.75, 3.05) is 13.2 Å². The molecule has 0 amide bonds. The van der Waals surface area contributed by atoms with E-state index in [9.17, 15) is 34.5 Å². The number of aliphatic hydroxyl groups is 2. The van der Waals surface area contributed by atoms with Gasteiger partial charge in [-0.15, -0.1) is 0 Å². The number of hydrogen-bond acceptors (Lipinski definition) is 11. The summed E-state index contributed by atoms with van der Waals surface area (Å²) >= 11 is 0. The second kappa shape index (κ2) is 49.6. The number of allylic oxidation sites excluding steroid dienone is 8. The van der Waals surface area contributed by atoms with Crippen molar-refractivity contribution < 1.29 is 58.2 Å². The van der Waals surface area contributed by atoms with E-state index in [1.54, 1.807) is 0 Å². The van der Waals surface area contributed by atoms with E-state index in [4.69, 9.17) is 23.7 Å². The molecular formula is C61H106O12. The molecular weight excluding hydrogens is 925 g/mol. The van der Waals surface area contributed by atoms with Crippen LogP contribution in [-0.2, 0) is 42.9 Å². The van der Waals surface area contributed by atoms with Crippen LogP contribution in [0.25, 0.3) is 0 Å². The molecule has 1 aliphatic rings. The number of rotatable bonds is 50. The number of carbonyl (C=O) groups is 4. The fraction of sp³-hybridized carbons (Fsp3) is 0.803. The quantitative estimate of drug-likeness (QED) is 0.0228. The maximum Gasteiger partial charge on any atom is 0.335 e. The molecule has 0 saturated carbocycles. The van der Waals surface area contributed by atoms with E-state index in [-0.39, 0.29) is 25.9 Å². The second-order valence-corrected chi connectivity index (χ2v) is 20.3. The third-order valence-corrected chi connectivity index (χ3v) is 13.4. The highest BCUT2D eigenvalue weighted by atomic mass is 16.7. The molecule has 1 saturated heterocycles. The van der Waals surface area contributed by atoms with Gasteiger partial charge >= 0.3 is 23.9 Å². The molecule has 0 aromatic rings. The van der Waals surface area contributed by atoms with Gasteiger partial charge in [0.1, 0.15) is 18.8 Å². The Hall–Kier alpha value is -3.32. The van der Waals surface area contributed by atoms with E-state index in [1.165, 1.54) is 89.9 Å². The smallest absolute Gasteiger partial charge is 0.335 e. The summed E-state index contributed by atoms with van der Waals surface area (Å²) in [5.74, 6) is -3.13. The normalized spacial score (nSPS) is 18.6. The Morgan fingerprint density at radius 1 is 0.452 bits per heavy atom. The van der Waals surface area contributed by atoms with Gasteiger partial charge in [0.2, 0.25) is 0 Å². The zero-order chi connectivity index (χ0) is 53.3. The minimum atomic E-state index is -1.90. The van der Waals surface area contributed by atoms with Crippen LogP contribution < -0.4 is 0 Å². The number of carboxylic acid groups (broad SMARTS) is 1. The Bertz CT molecular complexity index is 1460. The third-order valence-electron chi connectivity index (χ3n) is 13.4. The van der Waals surface area contributed by atoms with Gasteiger partial charge in [-0.25, -0.2) is 4.79 Å². The molecule has 1 rings (SSSR count). The van der Waals surface area contributed by atoms with Crippen LogP contribution in [0, 0.1) is 0 Å². The zero-order valence-electron chi connectivity index (χ0n) is 46.4. The standard InChI is InChI=1S/C61H106O12/c1-4-7-10-13-16-19-22-24-25-26-27-28-29-31-33-35-38-41-44-47-53(62)69-50-52(71-54(63)48-45-42-39-36-32-21-18-15-12-9-6-3)51-70-61-59(57(66)56(65)58(73-61)60(67)68)72-55(64)49-46-43-40-37-34-30-23-20-17-14-11-8-5-2/h15-16,18-19,24-25,27-28,52,56-59,61,65-66H,4-14,17,20-23,26,29-51H2,1-3H3,(H,67,68)/b18-15-,19-16-,25-24-,28-27-.